The molecular formula is C22H22FN3O2. The first kappa shape index (κ1) is 18.2. The lowest BCUT2D eigenvalue weighted by Gasteiger charge is -2.32. The summed E-state index contributed by atoms with van der Waals surface area (Å²) < 4.78 is 21.2. The number of para-hydroxylation sites is 1. The van der Waals surface area contributed by atoms with Crippen LogP contribution in [0.3, 0.4) is 0 Å². The first-order valence-corrected chi connectivity index (χ1v) is 9.30. The number of anilines is 1. The second-order valence-corrected chi connectivity index (χ2v) is 6.98. The molecule has 0 saturated heterocycles. The summed E-state index contributed by atoms with van der Waals surface area (Å²) in [6, 6.07) is 10.3. The number of aromatic nitrogens is 2. The second kappa shape index (κ2) is 7.11. The van der Waals surface area contributed by atoms with E-state index in [-0.39, 0.29) is 11.7 Å². The van der Waals surface area contributed by atoms with E-state index in [1.807, 2.05) is 19.1 Å². The Morgan fingerprint density at radius 3 is 2.71 bits per heavy atom. The van der Waals surface area contributed by atoms with E-state index in [1.54, 1.807) is 37.1 Å². The monoisotopic (exact) mass is 379 g/mol. The van der Waals surface area contributed by atoms with E-state index in [1.165, 1.54) is 16.9 Å². The van der Waals surface area contributed by atoms with Gasteiger partial charge in [-0.15, -0.1) is 0 Å². The minimum Gasteiger partial charge on any atom is -0.495 e. The molecule has 5 nitrogen and oxygen atoms in total. The molecule has 28 heavy (non-hydrogen) atoms. The van der Waals surface area contributed by atoms with Gasteiger partial charge in [-0.05, 0) is 56.0 Å². The van der Waals surface area contributed by atoms with Gasteiger partial charge in [0, 0.05) is 6.54 Å². The van der Waals surface area contributed by atoms with Gasteiger partial charge in [0.15, 0.2) is 0 Å². The van der Waals surface area contributed by atoms with Crippen molar-refractivity contribution < 1.29 is 13.9 Å². The number of carbonyl (C=O) groups excluding carboxylic acids is 1. The molecule has 1 aromatic heterocycles. The molecule has 0 spiro atoms. The zero-order valence-electron chi connectivity index (χ0n) is 16.2. The number of carbonyl (C=O) groups is 1. The highest BCUT2D eigenvalue weighted by Crippen LogP contribution is 2.39. The number of benzene rings is 2. The molecule has 0 N–H and O–H groups in total. The number of hydrogen-bond donors (Lipinski definition) is 0. The van der Waals surface area contributed by atoms with Gasteiger partial charge in [-0.1, -0.05) is 18.2 Å². The average molecular weight is 379 g/mol. The third-order valence-electron chi connectivity index (χ3n) is 5.34. The summed E-state index contributed by atoms with van der Waals surface area (Å²) in [5, 5.41) is 4.28. The number of amides is 1. The molecule has 0 unspecified atom stereocenters. The molecule has 1 aliphatic rings. The number of rotatable bonds is 3. The fraction of sp³-hybridized carbons (Fsp3) is 0.273. The minimum absolute atomic E-state index is 0.148. The molecule has 0 atom stereocenters. The van der Waals surface area contributed by atoms with Gasteiger partial charge < -0.3 is 9.64 Å². The highest BCUT2D eigenvalue weighted by Gasteiger charge is 2.30. The first-order valence-electron chi connectivity index (χ1n) is 9.30. The molecule has 2 aromatic carbocycles. The molecular weight excluding hydrogens is 357 g/mol. The second-order valence-electron chi connectivity index (χ2n) is 6.98. The maximum Gasteiger partial charge on any atom is 0.261 e. The molecule has 0 aliphatic carbocycles. The van der Waals surface area contributed by atoms with Crippen LogP contribution >= 0.6 is 0 Å². The maximum absolute atomic E-state index is 14.2. The summed E-state index contributed by atoms with van der Waals surface area (Å²) in [5.74, 6) is 0.158. The first-order chi connectivity index (χ1) is 13.5. The largest absolute Gasteiger partial charge is 0.495 e. The fourth-order valence-corrected chi connectivity index (χ4v) is 3.85. The summed E-state index contributed by atoms with van der Waals surface area (Å²) in [6.45, 7) is 4.44. The van der Waals surface area contributed by atoms with Gasteiger partial charge in [-0.3, -0.25) is 4.79 Å². The van der Waals surface area contributed by atoms with Gasteiger partial charge in [0.1, 0.15) is 17.3 Å². The summed E-state index contributed by atoms with van der Waals surface area (Å²) in [5.41, 5.74) is 4.50. The van der Waals surface area contributed by atoms with Crippen molar-refractivity contribution in [1.82, 2.24) is 9.78 Å². The Kier molecular flexibility index (Phi) is 4.63. The quantitative estimate of drug-likeness (QED) is 0.684. The Balaban J connectivity index is 1.77. The molecule has 6 heteroatoms. The molecule has 144 valence electrons. The number of halogens is 1. The Morgan fingerprint density at radius 2 is 1.96 bits per heavy atom. The van der Waals surface area contributed by atoms with Crippen LogP contribution in [0.15, 0.2) is 42.6 Å². The predicted octanol–water partition coefficient (Wildman–Crippen LogP) is 4.23. The summed E-state index contributed by atoms with van der Waals surface area (Å²) >= 11 is 0. The van der Waals surface area contributed by atoms with Crippen LogP contribution in [0.1, 0.15) is 33.6 Å². The maximum atomic E-state index is 14.2. The number of fused-ring (bicyclic) bond motifs is 1. The van der Waals surface area contributed by atoms with Crippen LogP contribution in [0.2, 0.25) is 0 Å². The Morgan fingerprint density at radius 1 is 1.18 bits per heavy atom. The number of methoxy groups -OCH3 is 1. The SMILES string of the molecule is COc1ccc(C)c2c1N(C(=O)c1cnn(-c3ccccc3F)c1C)CCC2. The third-order valence-corrected chi connectivity index (χ3v) is 5.34. The van der Waals surface area contributed by atoms with Crippen LogP contribution in [0.4, 0.5) is 10.1 Å². The van der Waals surface area contributed by atoms with Gasteiger partial charge in [-0.2, -0.15) is 5.10 Å². The lowest BCUT2D eigenvalue weighted by atomic mass is 9.95. The van der Waals surface area contributed by atoms with Crippen LogP contribution in [0, 0.1) is 19.7 Å². The molecule has 2 heterocycles. The Labute approximate surface area is 163 Å². The van der Waals surface area contributed by atoms with Crippen molar-refractivity contribution in [3.8, 4) is 11.4 Å². The smallest absolute Gasteiger partial charge is 0.261 e. The lowest BCUT2D eigenvalue weighted by molar-refractivity contribution is 0.0983. The van der Waals surface area contributed by atoms with Crippen molar-refractivity contribution in [3.63, 3.8) is 0 Å². The average Bonchev–Trinajstić information content (AvgIpc) is 3.09. The summed E-state index contributed by atoms with van der Waals surface area (Å²) in [7, 11) is 1.61. The summed E-state index contributed by atoms with van der Waals surface area (Å²) in [4.78, 5) is 15.2. The van der Waals surface area contributed by atoms with E-state index >= 15 is 0 Å². The molecule has 0 radical (unpaired) electrons. The van der Waals surface area contributed by atoms with Gasteiger partial charge in [0.05, 0.1) is 30.3 Å². The van der Waals surface area contributed by atoms with Crippen LogP contribution in [0.5, 0.6) is 5.75 Å². The predicted molar refractivity (Wildman–Crippen MR) is 106 cm³/mol. The topological polar surface area (TPSA) is 47.4 Å². The highest BCUT2D eigenvalue weighted by molar-refractivity contribution is 6.08. The molecule has 4 rings (SSSR count). The van der Waals surface area contributed by atoms with Gasteiger partial charge in [0.2, 0.25) is 0 Å². The van der Waals surface area contributed by atoms with Crippen LogP contribution in [0.25, 0.3) is 5.69 Å². The molecule has 0 bridgehead atoms. The van der Waals surface area contributed by atoms with Gasteiger partial charge >= 0.3 is 0 Å². The van der Waals surface area contributed by atoms with Crippen LogP contribution in [-0.4, -0.2) is 29.3 Å². The summed E-state index contributed by atoms with van der Waals surface area (Å²) in [6.07, 6.45) is 3.31. The van der Waals surface area contributed by atoms with Crippen molar-refractivity contribution >= 4 is 11.6 Å². The van der Waals surface area contributed by atoms with E-state index in [2.05, 4.69) is 5.10 Å². The van der Waals surface area contributed by atoms with Crippen molar-refractivity contribution in [2.75, 3.05) is 18.6 Å². The Bertz CT molecular complexity index is 1060. The van der Waals surface area contributed by atoms with E-state index in [0.717, 1.165) is 29.7 Å². The number of nitrogens with zero attached hydrogens (tertiary/aromatic N) is 3. The van der Waals surface area contributed by atoms with E-state index < -0.39 is 0 Å². The van der Waals surface area contributed by atoms with E-state index in [0.29, 0.717) is 29.2 Å². The normalized spacial score (nSPS) is 13.4. The zero-order chi connectivity index (χ0) is 19.8. The minimum atomic E-state index is -0.381. The zero-order valence-corrected chi connectivity index (χ0v) is 16.2. The number of aryl methyl sites for hydroxylation is 1. The Hall–Kier alpha value is -3.15. The molecule has 1 amide bonds. The van der Waals surface area contributed by atoms with Crippen LogP contribution < -0.4 is 9.64 Å². The van der Waals surface area contributed by atoms with Crippen molar-refractivity contribution in [2.45, 2.75) is 26.7 Å². The highest BCUT2D eigenvalue weighted by atomic mass is 19.1. The third kappa shape index (κ3) is 2.85. The number of hydrogen-bond acceptors (Lipinski definition) is 3. The lowest BCUT2D eigenvalue weighted by Crippen LogP contribution is -2.36. The van der Waals surface area contributed by atoms with Crippen molar-refractivity contribution in [2.24, 2.45) is 0 Å². The molecule has 1 aliphatic heterocycles. The standard InChI is InChI=1S/C22H22FN3O2/c1-14-10-11-20(28-3)21-16(14)7-6-12-25(21)22(27)17-13-24-26(15(17)2)19-9-5-4-8-18(19)23/h4-5,8-11,13H,6-7,12H2,1-3H3. The van der Waals surface area contributed by atoms with Crippen molar-refractivity contribution in [1.29, 1.82) is 0 Å². The van der Waals surface area contributed by atoms with Crippen LogP contribution in [-0.2, 0) is 6.42 Å². The van der Waals surface area contributed by atoms with Gasteiger partial charge in [-0.25, -0.2) is 9.07 Å². The van der Waals surface area contributed by atoms with Gasteiger partial charge in [0.25, 0.3) is 5.91 Å². The van der Waals surface area contributed by atoms with E-state index in [9.17, 15) is 9.18 Å². The number of ether oxygens (including phenoxy) is 1. The molecule has 0 saturated carbocycles. The molecule has 0 fully saturated rings. The van der Waals surface area contributed by atoms with Crippen molar-refractivity contribution in [3.05, 3.63) is 70.8 Å². The fourth-order valence-electron chi connectivity index (χ4n) is 3.85. The van der Waals surface area contributed by atoms with E-state index in [4.69, 9.17) is 4.74 Å². The molecule has 3 aromatic rings.